The lowest BCUT2D eigenvalue weighted by Gasteiger charge is -2.30. The molecule has 0 spiro atoms. The minimum absolute atomic E-state index is 0.00580. The van der Waals surface area contributed by atoms with Gasteiger partial charge in [-0.25, -0.2) is 0 Å². The van der Waals surface area contributed by atoms with Gasteiger partial charge in [-0.3, -0.25) is 9.59 Å². The first-order chi connectivity index (χ1) is 13.5. The number of nitrogens with zero attached hydrogens (tertiary/aromatic N) is 2. The van der Waals surface area contributed by atoms with E-state index in [-0.39, 0.29) is 23.9 Å². The van der Waals surface area contributed by atoms with Crippen molar-refractivity contribution in [1.82, 2.24) is 20.8 Å². The molecule has 2 aliphatic carbocycles. The number of nitrogens with two attached hydrogens (primary N) is 1. The Morgan fingerprint density at radius 3 is 2.46 bits per heavy atom. The number of carbonyl (C=O) groups excluding carboxylic acids is 2. The van der Waals surface area contributed by atoms with Crippen LogP contribution in [0.5, 0.6) is 0 Å². The van der Waals surface area contributed by atoms with Crippen LogP contribution in [0.3, 0.4) is 0 Å². The smallest absolute Gasteiger partial charge is 0.227 e. The van der Waals surface area contributed by atoms with E-state index >= 15 is 0 Å². The molecule has 2 aliphatic rings. The number of aryl methyl sites for hydroxylation is 1. The molecular weight excluding hydrogens is 358 g/mol. The summed E-state index contributed by atoms with van der Waals surface area (Å²) in [6.45, 7) is 1.52. The molecule has 8 nitrogen and oxygen atoms in total. The van der Waals surface area contributed by atoms with Crippen molar-refractivity contribution in [3.05, 3.63) is 11.7 Å². The van der Waals surface area contributed by atoms with Gasteiger partial charge in [0.2, 0.25) is 17.7 Å². The van der Waals surface area contributed by atoms with E-state index in [1.807, 2.05) is 0 Å². The summed E-state index contributed by atoms with van der Waals surface area (Å²) in [5.74, 6) is 0.914. The molecular formula is C20H33N5O3. The molecule has 2 fully saturated rings. The largest absolute Gasteiger partial charge is 0.353 e. The van der Waals surface area contributed by atoms with Crippen LogP contribution < -0.4 is 16.4 Å². The van der Waals surface area contributed by atoms with Crippen molar-refractivity contribution in [2.24, 2.45) is 5.73 Å². The van der Waals surface area contributed by atoms with Crippen LogP contribution in [0.2, 0.25) is 0 Å². The van der Waals surface area contributed by atoms with Gasteiger partial charge in [0.25, 0.3) is 0 Å². The van der Waals surface area contributed by atoms with Crippen molar-refractivity contribution < 1.29 is 14.1 Å². The van der Waals surface area contributed by atoms with Crippen LogP contribution in [0.4, 0.5) is 0 Å². The molecule has 0 radical (unpaired) electrons. The van der Waals surface area contributed by atoms with Crippen molar-refractivity contribution in [3.63, 3.8) is 0 Å². The van der Waals surface area contributed by atoms with E-state index in [1.54, 1.807) is 0 Å². The normalized spacial score (nSPS) is 24.9. The molecule has 8 heteroatoms. The van der Waals surface area contributed by atoms with Crippen molar-refractivity contribution >= 4 is 11.8 Å². The molecule has 1 heterocycles. The van der Waals surface area contributed by atoms with Gasteiger partial charge in [-0.05, 0) is 38.5 Å². The molecule has 4 N–H and O–H groups in total. The van der Waals surface area contributed by atoms with Gasteiger partial charge in [-0.1, -0.05) is 30.8 Å². The SMILES string of the molecule is CC(=O)NC1(c2noc(CCC(=O)NC3CCC(N)CC3)n2)CCCCCC1. The second-order valence-electron chi connectivity index (χ2n) is 8.37. The number of hydrogen-bond acceptors (Lipinski definition) is 6. The fourth-order valence-electron chi connectivity index (χ4n) is 4.41. The lowest BCUT2D eigenvalue weighted by molar-refractivity contribution is -0.122. The highest BCUT2D eigenvalue weighted by Gasteiger charge is 2.38. The predicted molar refractivity (Wildman–Crippen MR) is 104 cm³/mol. The quantitative estimate of drug-likeness (QED) is 0.638. The van der Waals surface area contributed by atoms with Gasteiger partial charge < -0.3 is 20.9 Å². The van der Waals surface area contributed by atoms with E-state index in [4.69, 9.17) is 10.3 Å². The molecule has 0 atom stereocenters. The Hall–Kier alpha value is -1.96. The Labute approximate surface area is 166 Å². The third-order valence-corrected chi connectivity index (χ3v) is 5.97. The van der Waals surface area contributed by atoms with Crippen LogP contribution in [0.1, 0.15) is 89.3 Å². The summed E-state index contributed by atoms with van der Waals surface area (Å²) in [5, 5.41) is 10.3. The zero-order valence-electron chi connectivity index (χ0n) is 16.8. The highest BCUT2D eigenvalue weighted by atomic mass is 16.5. The maximum Gasteiger partial charge on any atom is 0.227 e. The highest BCUT2D eigenvalue weighted by Crippen LogP contribution is 2.34. The summed E-state index contributed by atoms with van der Waals surface area (Å²) >= 11 is 0. The summed E-state index contributed by atoms with van der Waals surface area (Å²) in [7, 11) is 0. The molecule has 3 rings (SSSR count). The molecule has 1 aromatic rings. The van der Waals surface area contributed by atoms with Crippen molar-refractivity contribution in [3.8, 4) is 0 Å². The molecule has 28 heavy (non-hydrogen) atoms. The number of nitrogens with one attached hydrogen (secondary N) is 2. The van der Waals surface area contributed by atoms with E-state index in [1.165, 1.54) is 6.92 Å². The van der Waals surface area contributed by atoms with Gasteiger partial charge in [0.1, 0.15) is 5.54 Å². The predicted octanol–water partition coefficient (Wildman–Crippen LogP) is 2.07. The second-order valence-corrected chi connectivity index (χ2v) is 8.37. The number of aromatic nitrogens is 2. The molecule has 0 unspecified atom stereocenters. The first kappa shape index (κ1) is 20.8. The summed E-state index contributed by atoms with van der Waals surface area (Å²) in [6.07, 6.45) is 10.5. The Morgan fingerprint density at radius 1 is 1.14 bits per heavy atom. The topological polar surface area (TPSA) is 123 Å². The average Bonchev–Trinajstić information content (AvgIpc) is 3.02. The fraction of sp³-hybridized carbons (Fsp3) is 0.800. The van der Waals surface area contributed by atoms with Gasteiger partial charge in [0.15, 0.2) is 5.82 Å². The zero-order chi connectivity index (χ0) is 20.0. The molecule has 2 saturated carbocycles. The highest BCUT2D eigenvalue weighted by molar-refractivity contribution is 5.76. The van der Waals surface area contributed by atoms with Crippen LogP contribution in [0, 0.1) is 0 Å². The van der Waals surface area contributed by atoms with Gasteiger partial charge in [-0.2, -0.15) is 4.98 Å². The van der Waals surface area contributed by atoms with E-state index < -0.39 is 5.54 Å². The average molecular weight is 392 g/mol. The maximum atomic E-state index is 12.2. The Morgan fingerprint density at radius 2 is 1.82 bits per heavy atom. The van der Waals surface area contributed by atoms with Crippen molar-refractivity contribution in [2.75, 3.05) is 0 Å². The number of amides is 2. The first-order valence-corrected chi connectivity index (χ1v) is 10.6. The van der Waals surface area contributed by atoms with Gasteiger partial charge in [0, 0.05) is 31.8 Å². The minimum Gasteiger partial charge on any atom is -0.353 e. The summed E-state index contributed by atoms with van der Waals surface area (Å²) in [5.41, 5.74) is 5.36. The van der Waals surface area contributed by atoms with Gasteiger partial charge in [-0.15, -0.1) is 0 Å². The van der Waals surface area contributed by atoms with Crippen LogP contribution >= 0.6 is 0 Å². The van der Waals surface area contributed by atoms with Crippen LogP contribution in [0.25, 0.3) is 0 Å². The summed E-state index contributed by atoms with van der Waals surface area (Å²) in [6, 6.07) is 0.490. The minimum atomic E-state index is -0.548. The van der Waals surface area contributed by atoms with Crippen LogP contribution in [0.15, 0.2) is 4.52 Å². The third-order valence-electron chi connectivity index (χ3n) is 5.97. The molecule has 2 amide bonds. The second kappa shape index (κ2) is 9.49. The van der Waals surface area contributed by atoms with Crippen LogP contribution in [-0.2, 0) is 21.5 Å². The lowest BCUT2D eigenvalue weighted by Crippen LogP contribution is -2.45. The first-order valence-electron chi connectivity index (χ1n) is 10.6. The van der Waals surface area contributed by atoms with E-state index in [0.717, 1.165) is 64.2 Å². The molecule has 156 valence electrons. The third kappa shape index (κ3) is 5.53. The summed E-state index contributed by atoms with van der Waals surface area (Å²) < 4.78 is 5.41. The number of rotatable bonds is 6. The van der Waals surface area contributed by atoms with Crippen LogP contribution in [-0.4, -0.2) is 34.0 Å². The summed E-state index contributed by atoms with van der Waals surface area (Å²) in [4.78, 5) is 28.6. The Bertz CT molecular complexity index is 659. The van der Waals surface area contributed by atoms with Crippen molar-refractivity contribution in [2.45, 2.75) is 102 Å². The molecule has 0 aromatic carbocycles. The monoisotopic (exact) mass is 391 g/mol. The number of hydrogen-bond donors (Lipinski definition) is 3. The number of carbonyl (C=O) groups is 2. The maximum absolute atomic E-state index is 12.2. The van der Waals surface area contributed by atoms with Gasteiger partial charge >= 0.3 is 0 Å². The van der Waals surface area contributed by atoms with E-state index in [0.29, 0.717) is 24.6 Å². The van der Waals surface area contributed by atoms with E-state index in [2.05, 4.69) is 20.8 Å². The standard InChI is InChI=1S/C20H33N5O3/c1-14(26)24-20(12-4-2-3-5-13-20)19-23-18(28-25-19)11-10-17(27)22-16-8-6-15(21)7-9-16/h15-16H,2-13,21H2,1H3,(H,22,27)(H,24,26). The molecule has 0 bridgehead atoms. The van der Waals surface area contributed by atoms with E-state index in [9.17, 15) is 9.59 Å². The van der Waals surface area contributed by atoms with Crippen molar-refractivity contribution in [1.29, 1.82) is 0 Å². The zero-order valence-corrected chi connectivity index (χ0v) is 16.8. The van der Waals surface area contributed by atoms with Gasteiger partial charge in [0.05, 0.1) is 0 Å². The lowest BCUT2D eigenvalue weighted by atomic mass is 9.89. The molecule has 1 aromatic heterocycles. The molecule has 0 aliphatic heterocycles. The molecule has 0 saturated heterocycles. The Balaban J connectivity index is 1.56. The fourth-order valence-corrected chi connectivity index (χ4v) is 4.41. The Kier molecular flexibility index (Phi) is 7.04.